The molecule has 3 heteroatoms. The first-order valence-electron chi connectivity index (χ1n) is 9.73. The van der Waals surface area contributed by atoms with Gasteiger partial charge in [0.05, 0.1) is 3.57 Å². The van der Waals surface area contributed by atoms with Crippen LogP contribution in [0.2, 0.25) is 0 Å². The van der Waals surface area contributed by atoms with Gasteiger partial charge in [0.15, 0.2) is 0 Å². The Kier molecular flexibility index (Phi) is 6.56. The monoisotopic (exact) mass is 446 g/mol. The van der Waals surface area contributed by atoms with Gasteiger partial charge in [0.25, 0.3) is 0 Å². The number of hydrogen-bond acceptors (Lipinski definition) is 0. The Morgan fingerprint density at radius 3 is 2.25 bits per heavy atom. The molecule has 0 aliphatic heterocycles. The predicted octanol–water partition coefficient (Wildman–Crippen LogP) is 7.06. The van der Waals surface area contributed by atoms with Crippen LogP contribution in [-0.2, 0) is 12.8 Å². The molecule has 1 fully saturated rings. The Morgan fingerprint density at radius 1 is 0.958 bits per heavy atom. The zero-order valence-electron chi connectivity index (χ0n) is 14.7. The first-order valence-corrected chi connectivity index (χ1v) is 10.8. The van der Waals surface area contributed by atoms with Crippen molar-refractivity contribution in [3.8, 4) is 0 Å². The highest BCUT2D eigenvalue weighted by Gasteiger charge is 2.26. The Labute approximate surface area is 158 Å². The third kappa shape index (κ3) is 4.31. The maximum atomic E-state index is 14.2. The van der Waals surface area contributed by atoms with Gasteiger partial charge in [-0.05, 0) is 83.2 Å². The molecule has 0 bridgehead atoms. The molecule has 1 unspecified atom stereocenters. The minimum absolute atomic E-state index is 0.161. The maximum Gasteiger partial charge on any atom is 0.142 e. The largest absolute Gasteiger partial charge is 0.206 e. The van der Waals surface area contributed by atoms with E-state index in [0.717, 1.165) is 42.2 Å². The first-order chi connectivity index (χ1) is 11.6. The number of halogens is 3. The van der Waals surface area contributed by atoms with Crippen molar-refractivity contribution < 1.29 is 8.78 Å². The van der Waals surface area contributed by atoms with Crippen LogP contribution in [0.25, 0.3) is 0 Å². The molecule has 1 saturated carbocycles. The predicted molar refractivity (Wildman–Crippen MR) is 104 cm³/mol. The van der Waals surface area contributed by atoms with Gasteiger partial charge < -0.3 is 0 Å². The van der Waals surface area contributed by atoms with Gasteiger partial charge in [-0.2, -0.15) is 0 Å². The maximum absolute atomic E-state index is 14.2. The second-order valence-corrected chi connectivity index (χ2v) is 9.06. The molecular weight excluding hydrogens is 417 g/mol. The van der Waals surface area contributed by atoms with E-state index in [1.54, 1.807) is 28.7 Å². The molecular formula is C21H29F2I. The minimum atomic E-state index is -0.387. The Morgan fingerprint density at radius 2 is 1.58 bits per heavy atom. The van der Waals surface area contributed by atoms with Gasteiger partial charge in [0.2, 0.25) is 0 Å². The fourth-order valence-corrected chi connectivity index (χ4v) is 5.31. The van der Waals surface area contributed by atoms with Crippen LogP contribution in [-0.4, -0.2) is 0 Å². The topological polar surface area (TPSA) is 0 Å². The molecule has 0 spiro atoms. The van der Waals surface area contributed by atoms with E-state index < -0.39 is 0 Å². The van der Waals surface area contributed by atoms with Crippen LogP contribution in [0.3, 0.4) is 0 Å². The van der Waals surface area contributed by atoms with E-state index in [-0.39, 0.29) is 15.2 Å². The molecule has 0 heterocycles. The van der Waals surface area contributed by atoms with Gasteiger partial charge in [-0.1, -0.05) is 51.9 Å². The third-order valence-electron chi connectivity index (χ3n) is 6.31. The lowest BCUT2D eigenvalue weighted by molar-refractivity contribution is 0.235. The summed E-state index contributed by atoms with van der Waals surface area (Å²) in [6.07, 6.45) is 13.6. The molecule has 0 radical (unpaired) electrons. The summed E-state index contributed by atoms with van der Waals surface area (Å²) in [4.78, 5) is 0. The van der Waals surface area contributed by atoms with Crippen molar-refractivity contribution in [1.29, 1.82) is 0 Å². The van der Waals surface area contributed by atoms with E-state index in [2.05, 4.69) is 6.92 Å². The van der Waals surface area contributed by atoms with Crippen molar-refractivity contribution in [2.75, 3.05) is 0 Å². The van der Waals surface area contributed by atoms with Gasteiger partial charge in [-0.15, -0.1) is 0 Å². The number of benzene rings is 1. The van der Waals surface area contributed by atoms with E-state index in [0.29, 0.717) is 5.92 Å². The SMILES string of the molecule is CCCC1CCC(CCC2CCc3c(cc(F)c(I)c3F)C2)CC1. The van der Waals surface area contributed by atoms with Crippen LogP contribution < -0.4 is 0 Å². The molecule has 134 valence electrons. The van der Waals surface area contributed by atoms with Crippen LogP contribution in [0.4, 0.5) is 8.78 Å². The summed E-state index contributed by atoms with van der Waals surface area (Å²) >= 11 is 1.78. The fourth-order valence-electron chi connectivity index (χ4n) is 4.83. The summed E-state index contributed by atoms with van der Waals surface area (Å²) in [5.41, 5.74) is 1.70. The Bertz CT molecular complexity index is 561. The van der Waals surface area contributed by atoms with Gasteiger partial charge in [-0.25, -0.2) is 8.78 Å². The van der Waals surface area contributed by atoms with E-state index in [9.17, 15) is 8.78 Å². The molecule has 0 aromatic heterocycles. The first kappa shape index (κ1) is 18.6. The molecule has 3 rings (SSSR count). The Hall–Kier alpha value is -0.190. The number of rotatable bonds is 5. The van der Waals surface area contributed by atoms with E-state index >= 15 is 0 Å². The average Bonchev–Trinajstić information content (AvgIpc) is 2.59. The van der Waals surface area contributed by atoms with Gasteiger partial charge in [-0.3, -0.25) is 0 Å². The van der Waals surface area contributed by atoms with Crippen molar-refractivity contribution in [3.63, 3.8) is 0 Å². The van der Waals surface area contributed by atoms with Crippen molar-refractivity contribution in [2.45, 2.75) is 77.6 Å². The lowest BCUT2D eigenvalue weighted by Gasteiger charge is -2.31. The lowest BCUT2D eigenvalue weighted by atomic mass is 9.75. The molecule has 0 saturated heterocycles. The molecule has 0 nitrogen and oxygen atoms in total. The van der Waals surface area contributed by atoms with Gasteiger partial charge in [0, 0.05) is 0 Å². The molecule has 2 aliphatic rings. The van der Waals surface area contributed by atoms with Crippen LogP contribution in [0, 0.1) is 33.0 Å². The third-order valence-corrected chi connectivity index (χ3v) is 7.30. The summed E-state index contributed by atoms with van der Waals surface area (Å²) in [7, 11) is 0. The summed E-state index contributed by atoms with van der Waals surface area (Å²) < 4.78 is 28.2. The smallest absolute Gasteiger partial charge is 0.142 e. The van der Waals surface area contributed by atoms with Crippen LogP contribution in [0.1, 0.15) is 75.8 Å². The number of hydrogen-bond donors (Lipinski definition) is 0. The normalized spacial score (nSPS) is 27.1. The zero-order valence-corrected chi connectivity index (χ0v) is 16.9. The summed E-state index contributed by atoms with van der Waals surface area (Å²) in [6.45, 7) is 2.29. The van der Waals surface area contributed by atoms with E-state index in [1.165, 1.54) is 51.4 Å². The molecule has 1 aromatic carbocycles. The molecule has 1 aromatic rings. The summed E-state index contributed by atoms with van der Waals surface area (Å²) in [5, 5.41) is 0. The zero-order chi connectivity index (χ0) is 17.1. The van der Waals surface area contributed by atoms with Crippen molar-refractivity contribution in [1.82, 2.24) is 0 Å². The van der Waals surface area contributed by atoms with E-state index in [4.69, 9.17) is 0 Å². The number of fused-ring (bicyclic) bond motifs is 1. The molecule has 1 atom stereocenters. The summed E-state index contributed by atoms with van der Waals surface area (Å²) in [6, 6.07) is 1.59. The van der Waals surface area contributed by atoms with Crippen LogP contribution in [0.15, 0.2) is 6.07 Å². The van der Waals surface area contributed by atoms with Gasteiger partial charge >= 0.3 is 0 Å². The quantitative estimate of drug-likeness (QED) is 0.336. The fraction of sp³-hybridized carbons (Fsp3) is 0.714. The van der Waals surface area contributed by atoms with Gasteiger partial charge in [0.1, 0.15) is 11.6 Å². The second-order valence-electron chi connectivity index (χ2n) is 7.99. The minimum Gasteiger partial charge on any atom is -0.206 e. The van der Waals surface area contributed by atoms with E-state index in [1.807, 2.05) is 0 Å². The average molecular weight is 446 g/mol. The van der Waals surface area contributed by atoms with Crippen LogP contribution >= 0.6 is 22.6 Å². The standard InChI is InChI=1S/C21H29F2I/c1-2-3-14-4-6-15(7-5-14)8-9-16-10-11-18-17(12-16)13-19(22)21(24)20(18)23/h13-16H,2-12H2,1H3. The molecule has 0 amide bonds. The van der Waals surface area contributed by atoms with Crippen molar-refractivity contribution in [2.24, 2.45) is 17.8 Å². The van der Waals surface area contributed by atoms with Crippen molar-refractivity contribution >= 4 is 22.6 Å². The molecule has 24 heavy (non-hydrogen) atoms. The summed E-state index contributed by atoms with van der Waals surface area (Å²) in [5.74, 6) is 1.79. The molecule has 2 aliphatic carbocycles. The van der Waals surface area contributed by atoms with Crippen LogP contribution in [0.5, 0.6) is 0 Å². The highest BCUT2D eigenvalue weighted by atomic mass is 127. The highest BCUT2D eigenvalue weighted by Crippen LogP contribution is 2.37. The Balaban J connectivity index is 1.50. The lowest BCUT2D eigenvalue weighted by Crippen LogP contribution is -2.19. The molecule has 0 N–H and O–H groups in total. The highest BCUT2D eigenvalue weighted by molar-refractivity contribution is 14.1. The second kappa shape index (κ2) is 8.46. The van der Waals surface area contributed by atoms with Crippen molar-refractivity contribution in [3.05, 3.63) is 32.4 Å².